The van der Waals surface area contributed by atoms with Gasteiger partial charge < -0.3 is 4.74 Å². The number of sulfone groups is 1. The van der Waals surface area contributed by atoms with Crippen molar-refractivity contribution in [2.24, 2.45) is 0 Å². The highest BCUT2D eigenvalue weighted by atomic mass is 35.5. The van der Waals surface area contributed by atoms with Gasteiger partial charge >= 0.3 is 5.97 Å². The van der Waals surface area contributed by atoms with E-state index in [4.69, 9.17) is 11.6 Å². The summed E-state index contributed by atoms with van der Waals surface area (Å²) in [5, 5.41) is 0.309. The molecule has 0 aromatic carbocycles. The number of rotatable bonds is 5. The van der Waals surface area contributed by atoms with Gasteiger partial charge in [-0.1, -0.05) is 17.7 Å². The van der Waals surface area contributed by atoms with Crippen LogP contribution in [0.4, 0.5) is 0 Å². The van der Waals surface area contributed by atoms with Crippen LogP contribution in [0.15, 0.2) is 30.6 Å². The van der Waals surface area contributed by atoms with Crippen LogP contribution in [0.3, 0.4) is 0 Å². The number of ether oxygens (including phenoxy) is 1. The molecule has 2 aromatic heterocycles. The predicted molar refractivity (Wildman–Crippen MR) is 85.9 cm³/mol. The third-order valence-electron chi connectivity index (χ3n) is 3.21. The van der Waals surface area contributed by atoms with E-state index in [2.05, 4.69) is 14.7 Å². The van der Waals surface area contributed by atoms with Crippen molar-refractivity contribution in [1.29, 1.82) is 0 Å². The molecule has 2 rings (SSSR count). The van der Waals surface area contributed by atoms with E-state index in [9.17, 15) is 13.2 Å². The highest BCUT2D eigenvalue weighted by Gasteiger charge is 2.20. The van der Waals surface area contributed by atoms with Gasteiger partial charge in [-0.15, -0.1) is 0 Å². The smallest absolute Gasteiger partial charge is 0.356 e. The maximum Gasteiger partial charge on any atom is 0.356 e. The number of nitrogens with zero attached hydrogens (tertiary/aromatic N) is 2. The molecule has 122 valence electrons. The quantitative estimate of drug-likeness (QED) is 0.605. The minimum absolute atomic E-state index is 0.00419. The first-order valence-corrected chi connectivity index (χ1v) is 8.86. The first-order valence-electron chi connectivity index (χ1n) is 6.66. The van der Waals surface area contributed by atoms with Gasteiger partial charge in [0.1, 0.15) is 5.15 Å². The van der Waals surface area contributed by atoms with Crippen molar-refractivity contribution >= 4 is 27.4 Å². The van der Waals surface area contributed by atoms with Gasteiger partial charge in [0.2, 0.25) is 0 Å². The molecular weight excluding hydrogens is 340 g/mol. The number of hydrogen-bond donors (Lipinski definition) is 0. The normalized spacial score (nSPS) is 11.3. The molecule has 0 aliphatic heterocycles. The number of aryl methyl sites for hydroxylation is 1. The third-order valence-corrected chi connectivity index (χ3v) is 4.92. The van der Waals surface area contributed by atoms with E-state index in [1.807, 2.05) is 0 Å². The first-order chi connectivity index (χ1) is 10.8. The van der Waals surface area contributed by atoms with Crippen LogP contribution in [0.25, 0.3) is 0 Å². The number of esters is 1. The van der Waals surface area contributed by atoms with Crippen molar-refractivity contribution in [2.75, 3.05) is 7.11 Å². The summed E-state index contributed by atoms with van der Waals surface area (Å²) in [6.07, 6.45) is 2.86. The summed E-state index contributed by atoms with van der Waals surface area (Å²) in [6, 6.07) is 4.73. The fourth-order valence-corrected chi connectivity index (χ4v) is 3.86. The summed E-state index contributed by atoms with van der Waals surface area (Å²) in [4.78, 5) is 19.5. The lowest BCUT2D eigenvalue weighted by Gasteiger charge is -2.09. The van der Waals surface area contributed by atoms with Crippen LogP contribution >= 0.6 is 11.6 Å². The zero-order valence-corrected chi connectivity index (χ0v) is 14.2. The van der Waals surface area contributed by atoms with Crippen molar-refractivity contribution in [3.8, 4) is 0 Å². The Kier molecular flexibility index (Phi) is 5.33. The fourth-order valence-electron chi connectivity index (χ4n) is 2.06. The van der Waals surface area contributed by atoms with Crippen molar-refractivity contribution < 1.29 is 17.9 Å². The second kappa shape index (κ2) is 7.06. The fraction of sp³-hybridized carbons (Fsp3) is 0.267. The number of carbonyl (C=O) groups is 1. The molecule has 0 aliphatic carbocycles. The molecule has 0 radical (unpaired) electrons. The molecule has 0 atom stereocenters. The lowest BCUT2D eigenvalue weighted by atomic mass is 10.2. The second-order valence-corrected chi connectivity index (χ2v) is 7.42. The molecule has 0 saturated heterocycles. The monoisotopic (exact) mass is 354 g/mol. The van der Waals surface area contributed by atoms with Crippen molar-refractivity contribution in [3.05, 3.63) is 58.1 Å². The van der Waals surface area contributed by atoms with Gasteiger partial charge in [0, 0.05) is 18.0 Å². The topological polar surface area (TPSA) is 86.2 Å². The highest BCUT2D eigenvalue weighted by Crippen LogP contribution is 2.18. The summed E-state index contributed by atoms with van der Waals surface area (Å²) < 4.78 is 29.5. The van der Waals surface area contributed by atoms with Crippen LogP contribution < -0.4 is 0 Å². The molecule has 0 N–H and O–H groups in total. The summed E-state index contributed by atoms with van der Waals surface area (Å²) in [5.74, 6) is -1.17. The number of pyridine rings is 2. The lowest BCUT2D eigenvalue weighted by molar-refractivity contribution is 0.0593. The summed E-state index contributed by atoms with van der Waals surface area (Å²) in [7, 11) is -2.30. The molecular formula is C15H15ClN2O4S. The van der Waals surface area contributed by atoms with Crippen LogP contribution in [0.5, 0.6) is 0 Å². The molecule has 6 nitrogen and oxygen atoms in total. The van der Waals surface area contributed by atoms with Crippen LogP contribution in [0.1, 0.15) is 27.2 Å². The van der Waals surface area contributed by atoms with Gasteiger partial charge in [-0.2, -0.15) is 0 Å². The van der Waals surface area contributed by atoms with E-state index < -0.39 is 15.8 Å². The van der Waals surface area contributed by atoms with E-state index in [0.29, 0.717) is 16.3 Å². The standard InChI is InChI=1S/C15H15ClN2O4S/c1-10-6-13(16)18-7-12(10)9-23(20,21)8-11-4-3-5-17-14(11)15(19)22-2/h3-7H,8-9H2,1-2H3. The van der Waals surface area contributed by atoms with E-state index in [1.54, 1.807) is 25.1 Å². The number of carbonyl (C=O) groups excluding carboxylic acids is 1. The SMILES string of the molecule is COC(=O)c1ncccc1CS(=O)(=O)Cc1cnc(Cl)cc1C. The lowest BCUT2D eigenvalue weighted by Crippen LogP contribution is -2.14. The van der Waals surface area contributed by atoms with Gasteiger partial charge in [0.25, 0.3) is 0 Å². The Bertz CT molecular complexity index is 837. The Morgan fingerprint density at radius 3 is 2.61 bits per heavy atom. The van der Waals surface area contributed by atoms with Crippen LogP contribution in [0.2, 0.25) is 5.15 Å². The van der Waals surface area contributed by atoms with Crippen LogP contribution in [-0.4, -0.2) is 31.5 Å². The summed E-state index contributed by atoms with van der Waals surface area (Å²) in [5.41, 5.74) is 1.62. The molecule has 2 aromatic rings. The first kappa shape index (κ1) is 17.4. The van der Waals surface area contributed by atoms with E-state index in [1.165, 1.54) is 19.5 Å². The molecule has 0 aliphatic rings. The van der Waals surface area contributed by atoms with Gasteiger partial charge in [0.15, 0.2) is 15.5 Å². The highest BCUT2D eigenvalue weighted by molar-refractivity contribution is 7.89. The van der Waals surface area contributed by atoms with Crippen molar-refractivity contribution in [3.63, 3.8) is 0 Å². The molecule has 2 heterocycles. The van der Waals surface area contributed by atoms with Gasteiger partial charge in [-0.05, 0) is 30.2 Å². The molecule has 0 spiro atoms. The summed E-state index contributed by atoms with van der Waals surface area (Å²) >= 11 is 5.77. The Labute approximate surface area is 139 Å². The number of aromatic nitrogens is 2. The molecule has 8 heteroatoms. The molecule has 0 amide bonds. The molecule has 23 heavy (non-hydrogen) atoms. The predicted octanol–water partition coefficient (Wildman–Crippen LogP) is 2.34. The zero-order chi connectivity index (χ0) is 17.0. The Morgan fingerprint density at radius 2 is 1.96 bits per heavy atom. The minimum Gasteiger partial charge on any atom is -0.464 e. The van der Waals surface area contributed by atoms with Crippen molar-refractivity contribution in [1.82, 2.24) is 9.97 Å². The summed E-state index contributed by atoms with van der Waals surface area (Å²) in [6.45, 7) is 1.77. The second-order valence-electron chi connectivity index (χ2n) is 4.97. The maximum absolute atomic E-state index is 12.4. The minimum atomic E-state index is -3.52. The Hall–Kier alpha value is -1.99. The number of methoxy groups -OCH3 is 1. The largest absolute Gasteiger partial charge is 0.464 e. The van der Waals surface area contributed by atoms with Gasteiger partial charge in [0.05, 0.1) is 18.6 Å². The number of hydrogen-bond acceptors (Lipinski definition) is 6. The molecule has 0 fully saturated rings. The number of halogens is 1. The van der Waals surface area contributed by atoms with Gasteiger partial charge in [-0.25, -0.2) is 23.2 Å². The van der Waals surface area contributed by atoms with Crippen molar-refractivity contribution in [2.45, 2.75) is 18.4 Å². The average molecular weight is 355 g/mol. The maximum atomic E-state index is 12.4. The van der Waals surface area contributed by atoms with Crippen LogP contribution in [-0.2, 0) is 26.1 Å². The van der Waals surface area contributed by atoms with E-state index >= 15 is 0 Å². The van der Waals surface area contributed by atoms with E-state index in [0.717, 1.165) is 5.56 Å². The third kappa shape index (κ3) is 4.49. The van der Waals surface area contributed by atoms with E-state index in [-0.39, 0.29) is 17.2 Å². The molecule has 0 unspecified atom stereocenters. The molecule has 0 bridgehead atoms. The Morgan fingerprint density at radius 1 is 1.26 bits per heavy atom. The molecule has 0 saturated carbocycles. The van der Waals surface area contributed by atoms with Crippen LogP contribution in [0, 0.1) is 6.92 Å². The zero-order valence-electron chi connectivity index (χ0n) is 12.6. The Balaban J connectivity index is 2.27. The van der Waals surface area contributed by atoms with Gasteiger partial charge in [-0.3, -0.25) is 0 Å². The average Bonchev–Trinajstić information content (AvgIpc) is 2.49.